The number of Topliss-reactive ketones (excluding diaryl/α,β-unsaturated/α-hetero) is 1. The normalized spacial score (nSPS) is 15.4. The summed E-state index contributed by atoms with van der Waals surface area (Å²) in [5.74, 6) is 0.577. The van der Waals surface area contributed by atoms with Crippen LogP contribution in [0.3, 0.4) is 0 Å². The molecule has 0 aliphatic heterocycles. The van der Waals surface area contributed by atoms with E-state index in [2.05, 4.69) is 30.3 Å². The number of ketones is 1. The molecule has 98 valence electrons. The van der Waals surface area contributed by atoms with E-state index in [1.807, 2.05) is 24.3 Å². The molecule has 0 bridgehead atoms. The minimum Gasteiger partial charge on any atom is -0.294 e. The molecule has 0 aromatic heterocycles. The summed E-state index contributed by atoms with van der Waals surface area (Å²) in [4.78, 5) is 12.9. The van der Waals surface area contributed by atoms with Crippen LogP contribution in [0, 0.1) is 5.92 Å². The van der Waals surface area contributed by atoms with E-state index in [4.69, 9.17) is 0 Å². The fraction of sp³-hybridized carbons (Fsp3) is 0.211. The lowest BCUT2D eigenvalue weighted by atomic mass is 9.78. The molecule has 3 aromatic rings. The molecule has 0 atom stereocenters. The van der Waals surface area contributed by atoms with E-state index in [1.165, 1.54) is 6.42 Å². The number of hydrogen-bond acceptors (Lipinski definition) is 1. The molecular formula is C19H16O. The summed E-state index contributed by atoms with van der Waals surface area (Å²) < 4.78 is 0. The Labute approximate surface area is 118 Å². The van der Waals surface area contributed by atoms with E-state index in [0.717, 1.165) is 39.9 Å². The number of fused-ring (bicyclic) bond motifs is 2. The summed E-state index contributed by atoms with van der Waals surface area (Å²) in [5, 5.41) is 4.52. The van der Waals surface area contributed by atoms with Gasteiger partial charge in [-0.15, -0.1) is 0 Å². The standard InChI is InChI=1S/C19H16O/c20-19(13-8-5-9-13)18-16-10-3-1-6-14(16)12-15-7-2-4-11-17(15)18/h1-4,6-7,10-13H,5,8-9H2. The minimum absolute atomic E-state index is 0.240. The van der Waals surface area contributed by atoms with Crippen LogP contribution in [0.4, 0.5) is 0 Å². The number of carbonyl (C=O) groups is 1. The first-order valence-electron chi connectivity index (χ1n) is 7.29. The zero-order valence-electron chi connectivity index (χ0n) is 11.3. The molecule has 3 aromatic carbocycles. The first-order chi connectivity index (χ1) is 9.84. The third-order valence-corrected chi connectivity index (χ3v) is 4.49. The van der Waals surface area contributed by atoms with Crippen molar-refractivity contribution in [3.63, 3.8) is 0 Å². The molecule has 0 heterocycles. The van der Waals surface area contributed by atoms with Gasteiger partial charge < -0.3 is 0 Å². The summed E-state index contributed by atoms with van der Waals surface area (Å²) >= 11 is 0. The van der Waals surface area contributed by atoms with E-state index in [-0.39, 0.29) is 5.92 Å². The predicted molar refractivity (Wildman–Crippen MR) is 83.1 cm³/mol. The summed E-state index contributed by atoms with van der Waals surface area (Å²) in [6.45, 7) is 0. The molecule has 0 saturated heterocycles. The highest BCUT2D eigenvalue weighted by molar-refractivity contribution is 6.19. The molecule has 0 spiro atoms. The van der Waals surface area contributed by atoms with Crippen molar-refractivity contribution in [1.29, 1.82) is 0 Å². The lowest BCUT2D eigenvalue weighted by Crippen LogP contribution is -2.22. The topological polar surface area (TPSA) is 17.1 Å². The van der Waals surface area contributed by atoms with Crippen LogP contribution in [-0.2, 0) is 0 Å². The van der Waals surface area contributed by atoms with Crippen LogP contribution in [0.15, 0.2) is 54.6 Å². The Hall–Kier alpha value is -2.15. The van der Waals surface area contributed by atoms with Gasteiger partial charge in [0, 0.05) is 11.5 Å². The fourth-order valence-corrected chi connectivity index (χ4v) is 3.15. The van der Waals surface area contributed by atoms with Crippen molar-refractivity contribution >= 4 is 27.3 Å². The Morgan fingerprint density at radius 1 is 0.850 bits per heavy atom. The molecule has 1 fully saturated rings. The average Bonchev–Trinajstić information content (AvgIpc) is 2.42. The van der Waals surface area contributed by atoms with Crippen molar-refractivity contribution in [2.45, 2.75) is 19.3 Å². The molecule has 0 radical (unpaired) electrons. The molecule has 4 rings (SSSR count). The first-order valence-corrected chi connectivity index (χ1v) is 7.29. The number of carbonyl (C=O) groups excluding carboxylic acids is 1. The summed E-state index contributed by atoms with van der Waals surface area (Å²) in [7, 11) is 0. The number of benzene rings is 3. The molecule has 1 heteroatoms. The van der Waals surface area contributed by atoms with Crippen molar-refractivity contribution in [3.8, 4) is 0 Å². The Morgan fingerprint density at radius 2 is 1.40 bits per heavy atom. The molecule has 1 aliphatic carbocycles. The Bertz CT molecular complexity index is 758. The maximum Gasteiger partial charge on any atom is 0.167 e. The molecule has 1 saturated carbocycles. The predicted octanol–water partition coefficient (Wildman–Crippen LogP) is 4.98. The highest BCUT2D eigenvalue weighted by Gasteiger charge is 2.28. The van der Waals surface area contributed by atoms with Gasteiger partial charge in [-0.05, 0) is 40.5 Å². The monoisotopic (exact) mass is 260 g/mol. The lowest BCUT2D eigenvalue weighted by Gasteiger charge is -2.25. The van der Waals surface area contributed by atoms with E-state index >= 15 is 0 Å². The molecule has 20 heavy (non-hydrogen) atoms. The second-order valence-corrected chi connectivity index (χ2v) is 5.69. The quantitative estimate of drug-likeness (QED) is 0.469. The zero-order valence-corrected chi connectivity index (χ0v) is 11.3. The van der Waals surface area contributed by atoms with Crippen molar-refractivity contribution in [2.75, 3.05) is 0 Å². The summed E-state index contributed by atoms with van der Waals surface area (Å²) in [6, 6.07) is 18.6. The Kier molecular flexibility index (Phi) is 2.59. The molecule has 1 nitrogen and oxygen atoms in total. The fourth-order valence-electron chi connectivity index (χ4n) is 3.15. The van der Waals surface area contributed by atoms with Gasteiger partial charge in [0.2, 0.25) is 0 Å². The van der Waals surface area contributed by atoms with E-state index in [9.17, 15) is 4.79 Å². The van der Waals surface area contributed by atoms with Gasteiger partial charge >= 0.3 is 0 Å². The van der Waals surface area contributed by atoms with Gasteiger partial charge in [-0.25, -0.2) is 0 Å². The van der Waals surface area contributed by atoms with Crippen LogP contribution in [0.25, 0.3) is 21.5 Å². The van der Waals surface area contributed by atoms with Crippen LogP contribution in [0.1, 0.15) is 29.6 Å². The van der Waals surface area contributed by atoms with Crippen molar-refractivity contribution in [2.24, 2.45) is 5.92 Å². The van der Waals surface area contributed by atoms with Gasteiger partial charge in [0.1, 0.15) is 0 Å². The van der Waals surface area contributed by atoms with Crippen molar-refractivity contribution in [1.82, 2.24) is 0 Å². The van der Waals surface area contributed by atoms with Crippen LogP contribution in [-0.4, -0.2) is 5.78 Å². The highest BCUT2D eigenvalue weighted by Crippen LogP contribution is 2.35. The van der Waals surface area contributed by atoms with E-state index < -0.39 is 0 Å². The maximum atomic E-state index is 12.9. The highest BCUT2D eigenvalue weighted by atomic mass is 16.1. The van der Waals surface area contributed by atoms with E-state index in [1.54, 1.807) is 0 Å². The van der Waals surface area contributed by atoms with Gasteiger partial charge in [0.05, 0.1) is 0 Å². The second kappa shape index (κ2) is 4.45. The number of rotatable bonds is 2. The van der Waals surface area contributed by atoms with Crippen LogP contribution >= 0.6 is 0 Å². The van der Waals surface area contributed by atoms with Gasteiger partial charge in [-0.3, -0.25) is 4.79 Å². The maximum absolute atomic E-state index is 12.9. The van der Waals surface area contributed by atoms with Crippen LogP contribution in [0.5, 0.6) is 0 Å². The van der Waals surface area contributed by atoms with Gasteiger partial charge in [-0.2, -0.15) is 0 Å². The molecule has 0 unspecified atom stereocenters. The third kappa shape index (κ3) is 1.66. The van der Waals surface area contributed by atoms with Crippen LogP contribution in [0.2, 0.25) is 0 Å². The summed E-state index contributed by atoms with van der Waals surface area (Å²) in [6.07, 6.45) is 3.30. The largest absolute Gasteiger partial charge is 0.294 e. The van der Waals surface area contributed by atoms with Gasteiger partial charge in [0.25, 0.3) is 0 Å². The van der Waals surface area contributed by atoms with Crippen LogP contribution < -0.4 is 0 Å². The van der Waals surface area contributed by atoms with Gasteiger partial charge in [-0.1, -0.05) is 55.0 Å². The SMILES string of the molecule is O=C(c1c2ccccc2cc2ccccc12)C1CCC1. The van der Waals surface area contributed by atoms with Crippen molar-refractivity contribution in [3.05, 3.63) is 60.2 Å². The van der Waals surface area contributed by atoms with Gasteiger partial charge in [0.15, 0.2) is 5.78 Å². The zero-order chi connectivity index (χ0) is 13.5. The van der Waals surface area contributed by atoms with E-state index in [0.29, 0.717) is 5.78 Å². The average molecular weight is 260 g/mol. The third-order valence-electron chi connectivity index (χ3n) is 4.49. The number of hydrogen-bond donors (Lipinski definition) is 0. The smallest absolute Gasteiger partial charge is 0.167 e. The Balaban J connectivity index is 2.08. The molecule has 0 N–H and O–H groups in total. The Morgan fingerprint density at radius 3 is 1.90 bits per heavy atom. The minimum atomic E-state index is 0.240. The first kappa shape index (κ1) is 11.7. The molecular weight excluding hydrogens is 244 g/mol. The summed E-state index contributed by atoms with van der Waals surface area (Å²) in [5.41, 5.74) is 0.934. The molecule has 0 amide bonds. The second-order valence-electron chi connectivity index (χ2n) is 5.69. The van der Waals surface area contributed by atoms with Crippen molar-refractivity contribution < 1.29 is 4.79 Å². The lowest BCUT2D eigenvalue weighted by molar-refractivity contribution is 0.0859. The molecule has 1 aliphatic rings.